The van der Waals surface area contributed by atoms with E-state index in [9.17, 15) is 4.39 Å². The molecule has 0 unspecified atom stereocenters. The van der Waals surface area contributed by atoms with Gasteiger partial charge in [0.1, 0.15) is 11.6 Å². The van der Waals surface area contributed by atoms with Crippen molar-refractivity contribution in [2.45, 2.75) is 0 Å². The van der Waals surface area contributed by atoms with E-state index in [0.29, 0.717) is 16.9 Å². The van der Waals surface area contributed by atoms with Crippen molar-refractivity contribution in [3.63, 3.8) is 0 Å². The second-order valence-electron chi connectivity index (χ2n) is 5.18. The summed E-state index contributed by atoms with van der Waals surface area (Å²) in [5, 5.41) is 10.9. The summed E-state index contributed by atoms with van der Waals surface area (Å²) in [5.41, 5.74) is 2.41. The van der Waals surface area contributed by atoms with Gasteiger partial charge >= 0.3 is 0 Å². The van der Waals surface area contributed by atoms with Crippen LogP contribution in [0.25, 0.3) is 27.7 Å². The molecular formula is C20H14FNO. The number of benzene rings is 3. The van der Waals surface area contributed by atoms with Crippen molar-refractivity contribution >= 4 is 16.5 Å². The Hall–Kier alpha value is -3.12. The molecule has 0 saturated heterocycles. The zero-order valence-corrected chi connectivity index (χ0v) is 12.6. The maximum absolute atomic E-state index is 14.3. The van der Waals surface area contributed by atoms with E-state index in [1.807, 2.05) is 36.4 Å². The van der Waals surface area contributed by atoms with Crippen LogP contribution in [0.4, 0.5) is 4.39 Å². The van der Waals surface area contributed by atoms with E-state index in [1.54, 1.807) is 13.2 Å². The lowest BCUT2D eigenvalue weighted by Gasteiger charge is -2.11. The van der Waals surface area contributed by atoms with Crippen LogP contribution < -0.4 is 0 Å². The quantitative estimate of drug-likeness (QED) is 0.628. The third-order valence-corrected chi connectivity index (χ3v) is 3.84. The van der Waals surface area contributed by atoms with Gasteiger partial charge in [-0.1, -0.05) is 36.9 Å². The zero-order valence-electron chi connectivity index (χ0n) is 12.6. The Labute approximate surface area is 134 Å². The molecule has 0 fully saturated rings. The fraction of sp³-hybridized carbons (Fsp3) is 0.0500. The highest BCUT2D eigenvalue weighted by atomic mass is 19.1. The number of hydrogen-bond donors (Lipinski definition) is 0. The van der Waals surface area contributed by atoms with Crippen molar-refractivity contribution in [1.82, 2.24) is 0 Å². The molecule has 0 spiro atoms. The molecule has 0 aliphatic heterocycles. The van der Waals surface area contributed by atoms with Gasteiger partial charge in [0.25, 0.3) is 0 Å². The molecule has 3 rings (SSSR count). The molecule has 112 valence electrons. The van der Waals surface area contributed by atoms with E-state index in [-0.39, 0.29) is 5.82 Å². The van der Waals surface area contributed by atoms with Gasteiger partial charge in [0.2, 0.25) is 0 Å². The van der Waals surface area contributed by atoms with Crippen molar-refractivity contribution in [1.29, 1.82) is 5.26 Å². The van der Waals surface area contributed by atoms with E-state index in [1.165, 1.54) is 12.1 Å². The number of nitriles is 1. The van der Waals surface area contributed by atoms with E-state index >= 15 is 0 Å². The first-order valence-corrected chi connectivity index (χ1v) is 7.10. The van der Waals surface area contributed by atoms with Gasteiger partial charge < -0.3 is 4.74 Å². The van der Waals surface area contributed by atoms with Crippen molar-refractivity contribution in [3.8, 4) is 17.2 Å². The summed E-state index contributed by atoms with van der Waals surface area (Å²) in [7, 11) is 1.56. The Kier molecular flexibility index (Phi) is 3.82. The van der Waals surface area contributed by atoms with Gasteiger partial charge in [0.05, 0.1) is 18.7 Å². The summed E-state index contributed by atoms with van der Waals surface area (Å²) in [6.45, 7) is 3.86. The fourth-order valence-electron chi connectivity index (χ4n) is 2.60. The predicted octanol–water partition coefficient (Wildman–Crippen LogP) is 5.13. The maximum Gasteiger partial charge on any atom is 0.131 e. The smallest absolute Gasteiger partial charge is 0.131 e. The standard InChI is InChI=1S/C20H14FNO/c1-13(23-2)16-8-7-15-4-3-5-17(18(15)11-16)19-10-14(12-22)6-9-20(19)21/h3-11H,1H2,2H3. The lowest BCUT2D eigenvalue weighted by atomic mass is 9.95. The Morgan fingerprint density at radius 1 is 1.09 bits per heavy atom. The first kappa shape index (κ1) is 14.8. The van der Waals surface area contributed by atoms with Gasteiger partial charge in [-0.3, -0.25) is 0 Å². The molecule has 0 atom stereocenters. The van der Waals surface area contributed by atoms with Crippen LogP contribution in [0.1, 0.15) is 11.1 Å². The van der Waals surface area contributed by atoms with Gasteiger partial charge in [-0.25, -0.2) is 4.39 Å². The number of hydrogen-bond acceptors (Lipinski definition) is 2. The molecule has 2 nitrogen and oxygen atoms in total. The molecule has 23 heavy (non-hydrogen) atoms. The van der Waals surface area contributed by atoms with Crippen LogP contribution in [-0.2, 0) is 4.74 Å². The van der Waals surface area contributed by atoms with Crippen molar-refractivity contribution in [3.05, 3.63) is 78.1 Å². The van der Waals surface area contributed by atoms with Crippen LogP contribution in [0.3, 0.4) is 0 Å². The third-order valence-electron chi connectivity index (χ3n) is 3.84. The first-order valence-electron chi connectivity index (χ1n) is 7.10. The highest BCUT2D eigenvalue weighted by molar-refractivity contribution is 5.98. The Balaban J connectivity index is 2.29. The van der Waals surface area contributed by atoms with E-state index in [2.05, 4.69) is 12.6 Å². The second kappa shape index (κ2) is 5.94. The summed E-state index contributed by atoms with van der Waals surface area (Å²) >= 11 is 0. The van der Waals surface area contributed by atoms with E-state index < -0.39 is 0 Å². The SMILES string of the molecule is C=C(OC)c1ccc2cccc(-c3cc(C#N)ccc3F)c2c1. The van der Waals surface area contributed by atoms with Crippen LogP contribution in [0.2, 0.25) is 0 Å². The Bertz CT molecular complexity index is 954. The predicted molar refractivity (Wildman–Crippen MR) is 90.1 cm³/mol. The van der Waals surface area contributed by atoms with Crippen LogP contribution >= 0.6 is 0 Å². The summed E-state index contributed by atoms with van der Waals surface area (Å²) in [6, 6.07) is 17.9. The molecular weight excluding hydrogens is 289 g/mol. The molecule has 0 aliphatic carbocycles. The van der Waals surface area contributed by atoms with Crippen molar-refractivity contribution in [2.24, 2.45) is 0 Å². The van der Waals surface area contributed by atoms with Gasteiger partial charge in [-0.2, -0.15) is 5.26 Å². The summed E-state index contributed by atoms with van der Waals surface area (Å²) in [4.78, 5) is 0. The molecule has 3 aromatic rings. The minimum atomic E-state index is -0.354. The largest absolute Gasteiger partial charge is 0.497 e. The molecule has 0 radical (unpaired) electrons. The van der Waals surface area contributed by atoms with Gasteiger partial charge in [-0.15, -0.1) is 0 Å². The van der Waals surface area contributed by atoms with Gasteiger partial charge in [0, 0.05) is 11.1 Å². The van der Waals surface area contributed by atoms with Crippen LogP contribution in [-0.4, -0.2) is 7.11 Å². The van der Waals surface area contributed by atoms with Crippen molar-refractivity contribution in [2.75, 3.05) is 7.11 Å². The van der Waals surface area contributed by atoms with Gasteiger partial charge in [0.15, 0.2) is 0 Å². The second-order valence-corrected chi connectivity index (χ2v) is 5.18. The number of methoxy groups -OCH3 is 1. The van der Waals surface area contributed by atoms with Crippen LogP contribution in [0.15, 0.2) is 61.2 Å². The molecule has 0 aromatic heterocycles. The number of ether oxygens (including phenoxy) is 1. The normalized spacial score (nSPS) is 10.3. The number of halogens is 1. The number of fused-ring (bicyclic) bond motifs is 1. The number of rotatable bonds is 3. The topological polar surface area (TPSA) is 33.0 Å². The van der Waals surface area contributed by atoms with E-state index in [4.69, 9.17) is 10.00 Å². The maximum atomic E-state index is 14.3. The fourth-order valence-corrected chi connectivity index (χ4v) is 2.60. The monoisotopic (exact) mass is 303 g/mol. The van der Waals surface area contributed by atoms with Gasteiger partial charge in [-0.05, 0) is 40.6 Å². The molecule has 0 amide bonds. The molecule has 0 heterocycles. The molecule has 3 aromatic carbocycles. The summed E-state index contributed by atoms with van der Waals surface area (Å²) in [6.07, 6.45) is 0. The third kappa shape index (κ3) is 2.67. The molecule has 0 saturated carbocycles. The molecule has 0 aliphatic rings. The summed E-state index contributed by atoms with van der Waals surface area (Å²) in [5.74, 6) is 0.195. The van der Waals surface area contributed by atoms with Crippen molar-refractivity contribution < 1.29 is 9.13 Å². The van der Waals surface area contributed by atoms with Crippen LogP contribution in [0.5, 0.6) is 0 Å². The summed E-state index contributed by atoms with van der Waals surface area (Å²) < 4.78 is 19.5. The molecule has 0 N–H and O–H groups in total. The molecule has 0 bridgehead atoms. The lowest BCUT2D eigenvalue weighted by Crippen LogP contribution is -1.90. The minimum absolute atomic E-state index is 0.354. The zero-order chi connectivity index (χ0) is 16.4. The average molecular weight is 303 g/mol. The highest BCUT2D eigenvalue weighted by Gasteiger charge is 2.11. The minimum Gasteiger partial charge on any atom is -0.497 e. The Morgan fingerprint density at radius 2 is 1.91 bits per heavy atom. The average Bonchev–Trinajstić information content (AvgIpc) is 2.60. The number of nitrogens with zero attached hydrogens (tertiary/aromatic N) is 1. The first-order chi connectivity index (χ1) is 11.1. The van der Waals surface area contributed by atoms with Crippen LogP contribution in [0, 0.1) is 17.1 Å². The lowest BCUT2D eigenvalue weighted by molar-refractivity contribution is 0.371. The Morgan fingerprint density at radius 3 is 2.65 bits per heavy atom. The van der Waals surface area contributed by atoms with E-state index in [0.717, 1.165) is 21.9 Å². The molecule has 3 heteroatoms. The highest BCUT2D eigenvalue weighted by Crippen LogP contribution is 2.32.